The van der Waals surface area contributed by atoms with E-state index in [0.29, 0.717) is 6.42 Å². The summed E-state index contributed by atoms with van der Waals surface area (Å²) in [5.74, 6) is -0.200. The lowest BCUT2D eigenvalue weighted by atomic mass is 9.99. The second kappa shape index (κ2) is 43.5. The molecule has 7 unspecified atom stereocenters. The lowest BCUT2D eigenvalue weighted by Gasteiger charge is -2.40. The van der Waals surface area contributed by atoms with Crippen LogP contribution in [0.4, 0.5) is 0 Å². The Hall–Kier alpha value is -3.41. The number of hydrogen-bond acceptors (Lipinski definition) is 8. The number of allylic oxidation sites excluding steroid dienone is 19. The fourth-order valence-corrected chi connectivity index (χ4v) is 6.84. The molecule has 1 aliphatic rings. The molecule has 1 aliphatic heterocycles. The Bertz CT molecular complexity index is 1410. The molecule has 362 valence electrons. The Kier molecular flexibility index (Phi) is 39.8. The molecule has 1 saturated heterocycles. The number of hydrogen-bond donors (Lipinski definition) is 6. The Morgan fingerprint density at radius 2 is 0.969 bits per heavy atom. The van der Waals surface area contributed by atoms with Crippen molar-refractivity contribution in [1.29, 1.82) is 0 Å². The third-order valence-electron chi connectivity index (χ3n) is 10.8. The van der Waals surface area contributed by atoms with Gasteiger partial charge in [-0.1, -0.05) is 193 Å². The molecule has 9 nitrogen and oxygen atoms in total. The molecule has 0 bridgehead atoms. The van der Waals surface area contributed by atoms with E-state index in [1.165, 1.54) is 32.1 Å². The van der Waals surface area contributed by atoms with Crippen molar-refractivity contribution < 1.29 is 39.8 Å². The molecule has 0 aliphatic carbocycles. The van der Waals surface area contributed by atoms with E-state index in [1.54, 1.807) is 6.08 Å². The number of carbonyl (C=O) groups is 1. The van der Waals surface area contributed by atoms with Crippen LogP contribution >= 0.6 is 0 Å². The van der Waals surface area contributed by atoms with Gasteiger partial charge in [0.05, 0.1) is 25.4 Å². The zero-order valence-corrected chi connectivity index (χ0v) is 39.7. The second-order valence-corrected chi connectivity index (χ2v) is 16.5. The molecule has 6 N–H and O–H groups in total. The van der Waals surface area contributed by atoms with Crippen LogP contribution in [0, 0.1) is 0 Å². The average molecular weight is 892 g/mol. The van der Waals surface area contributed by atoms with E-state index in [2.05, 4.69) is 129 Å². The minimum absolute atomic E-state index is 0.200. The fraction of sp³-hybridized carbons (Fsp3) is 0.618. The first-order valence-electron chi connectivity index (χ1n) is 24.8. The third-order valence-corrected chi connectivity index (χ3v) is 10.8. The van der Waals surface area contributed by atoms with Crippen LogP contribution in [0.3, 0.4) is 0 Å². The number of rotatable bonds is 39. The summed E-state index contributed by atoms with van der Waals surface area (Å²) in [6, 6.07) is -0.811. The summed E-state index contributed by atoms with van der Waals surface area (Å²) < 4.78 is 11.1. The standard InChI is InChI=1S/C55H89NO8/c1-3-5-7-9-10-11-12-13-14-15-16-17-18-19-20-21-22-23-24-25-26-27-28-29-30-31-32-33-34-35-36-37-38-39-40-41-43-45-51(59)56-48(49(58)44-42-8-6-4-2)47-63-55-54(62)53(61)52(60)50(46-57)64-55/h5,7,10-11,13-14,16-17,19-20,22-23,25-26,28-29,31-32,42,44,48-50,52-55,57-58,60-62H,3-4,6,8-9,12,15,18,21,24,27,30,33-41,43,45-47H2,1-2H3,(H,56,59)/b7-5-,11-10-,14-13-,17-16-,20-19-,23-22-,26-25-,29-28-,32-31-,44-42+. The molecule has 1 fully saturated rings. The summed E-state index contributed by atoms with van der Waals surface area (Å²) >= 11 is 0. The van der Waals surface area contributed by atoms with Gasteiger partial charge >= 0.3 is 0 Å². The average Bonchev–Trinajstić information content (AvgIpc) is 3.29. The Morgan fingerprint density at radius 3 is 1.42 bits per heavy atom. The van der Waals surface area contributed by atoms with Crippen LogP contribution < -0.4 is 5.32 Å². The second-order valence-electron chi connectivity index (χ2n) is 16.5. The number of amides is 1. The van der Waals surface area contributed by atoms with Crippen molar-refractivity contribution in [3.05, 3.63) is 122 Å². The molecule has 1 heterocycles. The normalized spacial score (nSPS) is 21.1. The molecule has 7 atom stereocenters. The number of nitrogens with one attached hydrogen (secondary N) is 1. The largest absolute Gasteiger partial charge is 0.394 e. The van der Waals surface area contributed by atoms with Crippen molar-refractivity contribution in [3.8, 4) is 0 Å². The van der Waals surface area contributed by atoms with Gasteiger partial charge in [0.2, 0.25) is 5.91 Å². The van der Waals surface area contributed by atoms with Gasteiger partial charge in [0.15, 0.2) is 6.29 Å². The minimum atomic E-state index is -1.57. The molecule has 64 heavy (non-hydrogen) atoms. The molecule has 0 aromatic heterocycles. The van der Waals surface area contributed by atoms with Gasteiger partial charge in [0.1, 0.15) is 24.4 Å². The molecule has 0 saturated carbocycles. The van der Waals surface area contributed by atoms with Crippen LogP contribution in [0.5, 0.6) is 0 Å². The lowest BCUT2D eigenvalue weighted by molar-refractivity contribution is -0.302. The monoisotopic (exact) mass is 892 g/mol. The predicted molar refractivity (Wildman–Crippen MR) is 267 cm³/mol. The van der Waals surface area contributed by atoms with Crippen LogP contribution in [-0.4, -0.2) is 87.5 Å². The molecule has 1 rings (SSSR count). The van der Waals surface area contributed by atoms with Gasteiger partial charge in [-0.15, -0.1) is 0 Å². The first-order chi connectivity index (χ1) is 31.3. The van der Waals surface area contributed by atoms with E-state index in [-0.39, 0.29) is 12.5 Å². The molecular formula is C55H89NO8. The van der Waals surface area contributed by atoms with Gasteiger partial charge in [0.25, 0.3) is 0 Å². The molecule has 1 amide bonds. The highest BCUT2D eigenvalue weighted by atomic mass is 16.7. The van der Waals surface area contributed by atoms with E-state index >= 15 is 0 Å². The molecule has 0 radical (unpaired) electrons. The van der Waals surface area contributed by atoms with Gasteiger partial charge in [-0.2, -0.15) is 0 Å². The van der Waals surface area contributed by atoms with Crippen LogP contribution in [0.2, 0.25) is 0 Å². The minimum Gasteiger partial charge on any atom is -0.394 e. The lowest BCUT2D eigenvalue weighted by Crippen LogP contribution is -2.60. The molecule has 9 heteroatoms. The number of aliphatic hydroxyl groups excluding tert-OH is 5. The summed E-state index contributed by atoms with van der Waals surface area (Å²) in [4.78, 5) is 12.8. The number of unbranched alkanes of at least 4 members (excludes halogenated alkanes) is 11. The highest BCUT2D eigenvalue weighted by molar-refractivity contribution is 5.76. The third kappa shape index (κ3) is 33.1. The van der Waals surface area contributed by atoms with Crippen molar-refractivity contribution in [2.24, 2.45) is 0 Å². The Labute approximate surface area is 388 Å². The fourth-order valence-electron chi connectivity index (χ4n) is 6.84. The van der Waals surface area contributed by atoms with Gasteiger partial charge in [-0.3, -0.25) is 4.79 Å². The molecule has 0 aromatic carbocycles. The van der Waals surface area contributed by atoms with E-state index in [4.69, 9.17) is 9.47 Å². The van der Waals surface area contributed by atoms with Crippen LogP contribution in [0.15, 0.2) is 122 Å². The topological polar surface area (TPSA) is 149 Å². The maximum Gasteiger partial charge on any atom is 0.220 e. The van der Waals surface area contributed by atoms with Crippen molar-refractivity contribution in [1.82, 2.24) is 5.32 Å². The van der Waals surface area contributed by atoms with E-state index in [0.717, 1.165) is 109 Å². The maximum absolute atomic E-state index is 12.8. The quantitative estimate of drug-likeness (QED) is 0.0264. The predicted octanol–water partition coefficient (Wildman–Crippen LogP) is 11.2. The number of ether oxygens (including phenoxy) is 2. The van der Waals surface area contributed by atoms with Crippen molar-refractivity contribution in [3.63, 3.8) is 0 Å². The molecule has 0 aromatic rings. The Morgan fingerprint density at radius 1 is 0.547 bits per heavy atom. The summed E-state index contributed by atoms with van der Waals surface area (Å²) in [5.41, 5.74) is 0. The van der Waals surface area contributed by atoms with Gasteiger partial charge in [0, 0.05) is 6.42 Å². The van der Waals surface area contributed by atoms with Crippen LogP contribution in [0.25, 0.3) is 0 Å². The number of aliphatic hydroxyl groups is 5. The first kappa shape index (κ1) is 58.6. The SMILES string of the molecule is CC/C=C\C/C=C\C/C=C\C/C=C\C/C=C\C/C=C\C/C=C\C/C=C\C/C=C\CCCCCCCCCCCC(=O)NC(COC1OC(CO)C(O)C(O)C1O)C(O)/C=C/CCCC. The summed E-state index contributed by atoms with van der Waals surface area (Å²) in [5, 5.41) is 53.6. The smallest absolute Gasteiger partial charge is 0.220 e. The van der Waals surface area contributed by atoms with Gasteiger partial charge < -0.3 is 40.3 Å². The summed E-state index contributed by atoms with van der Waals surface area (Å²) in [7, 11) is 0. The Balaban J connectivity index is 2.07. The number of carbonyl (C=O) groups excluding carboxylic acids is 1. The van der Waals surface area contributed by atoms with Gasteiger partial charge in [-0.25, -0.2) is 0 Å². The van der Waals surface area contributed by atoms with Crippen molar-refractivity contribution in [2.45, 2.75) is 204 Å². The van der Waals surface area contributed by atoms with Crippen LogP contribution in [-0.2, 0) is 14.3 Å². The van der Waals surface area contributed by atoms with E-state index in [9.17, 15) is 30.3 Å². The highest BCUT2D eigenvalue weighted by Gasteiger charge is 2.44. The van der Waals surface area contributed by atoms with E-state index < -0.39 is 49.5 Å². The van der Waals surface area contributed by atoms with Crippen LogP contribution in [0.1, 0.15) is 162 Å². The van der Waals surface area contributed by atoms with Crippen molar-refractivity contribution >= 4 is 5.91 Å². The zero-order valence-electron chi connectivity index (χ0n) is 39.7. The molecule has 0 spiro atoms. The van der Waals surface area contributed by atoms with Crippen molar-refractivity contribution in [2.75, 3.05) is 13.2 Å². The highest BCUT2D eigenvalue weighted by Crippen LogP contribution is 2.22. The van der Waals surface area contributed by atoms with Gasteiger partial charge in [-0.05, 0) is 83.5 Å². The maximum atomic E-state index is 12.8. The summed E-state index contributed by atoms with van der Waals surface area (Å²) in [6.07, 6.45) is 59.1. The zero-order chi connectivity index (χ0) is 46.6. The molecular weight excluding hydrogens is 803 g/mol. The first-order valence-corrected chi connectivity index (χ1v) is 24.8. The summed E-state index contributed by atoms with van der Waals surface area (Å²) in [6.45, 7) is 3.47. The van der Waals surface area contributed by atoms with E-state index in [1.807, 2.05) is 6.08 Å².